The van der Waals surface area contributed by atoms with Crippen molar-refractivity contribution in [2.24, 2.45) is 5.92 Å². The van der Waals surface area contributed by atoms with Gasteiger partial charge in [-0.25, -0.2) is 0 Å². The largest absolute Gasteiger partial charge is 0.492 e. The fourth-order valence-corrected chi connectivity index (χ4v) is 3.02. The Labute approximate surface area is 143 Å². The van der Waals surface area contributed by atoms with E-state index in [9.17, 15) is 9.59 Å². The Bertz CT molecular complexity index is 552. The van der Waals surface area contributed by atoms with Crippen LogP contribution in [0.25, 0.3) is 0 Å². The second kappa shape index (κ2) is 9.30. The summed E-state index contributed by atoms with van der Waals surface area (Å²) >= 11 is 0. The number of hydrogen-bond acceptors (Lipinski definition) is 4. The van der Waals surface area contributed by atoms with Crippen LogP contribution in [0.1, 0.15) is 52.4 Å². The van der Waals surface area contributed by atoms with Crippen molar-refractivity contribution in [3.8, 4) is 5.75 Å². The molecule has 2 rings (SSSR count). The molecule has 0 bridgehead atoms. The van der Waals surface area contributed by atoms with E-state index in [4.69, 9.17) is 9.47 Å². The molecule has 1 unspecified atom stereocenters. The third-order valence-electron chi connectivity index (χ3n) is 4.35. The van der Waals surface area contributed by atoms with Crippen LogP contribution in [-0.4, -0.2) is 24.6 Å². The molecule has 5 heteroatoms. The molecule has 0 saturated heterocycles. The monoisotopic (exact) mass is 333 g/mol. The van der Waals surface area contributed by atoms with Gasteiger partial charge >= 0.3 is 5.97 Å². The lowest BCUT2D eigenvalue weighted by atomic mass is 10.0. The second-order valence-corrected chi connectivity index (χ2v) is 6.24. The molecule has 1 saturated carbocycles. The predicted octanol–water partition coefficient (Wildman–Crippen LogP) is 3.93. The van der Waals surface area contributed by atoms with Gasteiger partial charge in [0.15, 0.2) is 6.10 Å². The van der Waals surface area contributed by atoms with Crippen molar-refractivity contribution < 1.29 is 19.1 Å². The average Bonchev–Trinajstić information content (AvgIpc) is 3.08. The van der Waals surface area contributed by atoms with Gasteiger partial charge in [0.05, 0.1) is 12.3 Å². The zero-order chi connectivity index (χ0) is 17.4. The topological polar surface area (TPSA) is 64.6 Å². The molecule has 5 nitrogen and oxygen atoms in total. The number of para-hydroxylation sites is 2. The number of anilines is 1. The minimum atomic E-state index is -0.823. The first kappa shape index (κ1) is 18.3. The minimum Gasteiger partial charge on any atom is -0.492 e. The molecule has 1 aromatic carbocycles. The van der Waals surface area contributed by atoms with Crippen LogP contribution in [0.5, 0.6) is 5.75 Å². The number of rotatable bonds is 8. The molecule has 1 aliphatic rings. The predicted molar refractivity (Wildman–Crippen MR) is 93.0 cm³/mol. The third-order valence-corrected chi connectivity index (χ3v) is 4.35. The highest BCUT2D eigenvalue weighted by Crippen LogP contribution is 2.28. The van der Waals surface area contributed by atoms with Gasteiger partial charge in [-0.2, -0.15) is 0 Å². The molecule has 24 heavy (non-hydrogen) atoms. The van der Waals surface area contributed by atoms with Gasteiger partial charge in [-0.1, -0.05) is 37.8 Å². The van der Waals surface area contributed by atoms with Crippen LogP contribution < -0.4 is 10.1 Å². The van der Waals surface area contributed by atoms with Crippen molar-refractivity contribution in [2.45, 2.75) is 58.5 Å². The van der Waals surface area contributed by atoms with Crippen LogP contribution in [0.4, 0.5) is 5.69 Å². The first-order valence-electron chi connectivity index (χ1n) is 8.82. The SMILES string of the molecule is CCOc1ccccc1NC(=O)C(C)OC(=O)CCC1CCCC1. The van der Waals surface area contributed by atoms with Gasteiger partial charge < -0.3 is 14.8 Å². The number of esters is 1. The molecule has 132 valence electrons. The van der Waals surface area contributed by atoms with Gasteiger partial charge in [-0.05, 0) is 38.3 Å². The lowest BCUT2D eigenvalue weighted by Crippen LogP contribution is -2.30. The zero-order valence-corrected chi connectivity index (χ0v) is 14.5. The fourth-order valence-electron chi connectivity index (χ4n) is 3.02. The summed E-state index contributed by atoms with van der Waals surface area (Å²) < 4.78 is 10.7. The standard InChI is InChI=1S/C19H27NO4/c1-3-23-17-11-7-6-10-16(17)20-19(22)14(2)24-18(21)13-12-15-8-4-5-9-15/h6-7,10-11,14-15H,3-5,8-9,12-13H2,1-2H3,(H,20,22). The summed E-state index contributed by atoms with van der Waals surface area (Å²) in [6.07, 6.45) is 5.36. The van der Waals surface area contributed by atoms with E-state index in [1.54, 1.807) is 19.1 Å². The first-order valence-corrected chi connectivity index (χ1v) is 8.82. The number of ether oxygens (including phenoxy) is 2. The summed E-state index contributed by atoms with van der Waals surface area (Å²) in [5.41, 5.74) is 0.582. The molecule has 1 atom stereocenters. The highest BCUT2D eigenvalue weighted by molar-refractivity contribution is 5.96. The highest BCUT2D eigenvalue weighted by Gasteiger charge is 2.21. The van der Waals surface area contributed by atoms with Gasteiger partial charge in [0.1, 0.15) is 5.75 Å². The summed E-state index contributed by atoms with van der Waals surface area (Å²) in [5, 5.41) is 2.76. The van der Waals surface area contributed by atoms with E-state index < -0.39 is 6.10 Å². The molecule has 1 aliphatic carbocycles. The summed E-state index contributed by atoms with van der Waals surface area (Å²) in [5.74, 6) is 0.590. The zero-order valence-electron chi connectivity index (χ0n) is 14.5. The molecule has 0 heterocycles. The third kappa shape index (κ3) is 5.55. The van der Waals surface area contributed by atoms with Crippen LogP contribution >= 0.6 is 0 Å². The molecule has 1 fully saturated rings. The summed E-state index contributed by atoms with van der Waals surface area (Å²) in [7, 11) is 0. The van der Waals surface area contributed by atoms with Crippen molar-refractivity contribution in [2.75, 3.05) is 11.9 Å². The number of carbonyl (C=O) groups excluding carboxylic acids is 2. The van der Waals surface area contributed by atoms with E-state index in [1.165, 1.54) is 25.7 Å². The van der Waals surface area contributed by atoms with Gasteiger partial charge in [0.2, 0.25) is 0 Å². The molecule has 1 amide bonds. The average molecular weight is 333 g/mol. The lowest BCUT2D eigenvalue weighted by molar-refractivity contribution is -0.153. The van der Waals surface area contributed by atoms with Crippen LogP contribution in [0.2, 0.25) is 0 Å². The second-order valence-electron chi connectivity index (χ2n) is 6.24. The summed E-state index contributed by atoms with van der Waals surface area (Å²) in [6.45, 7) is 3.98. The van der Waals surface area contributed by atoms with E-state index in [0.29, 0.717) is 30.4 Å². The maximum atomic E-state index is 12.2. The van der Waals surface area contributed by atoms with E-state index in [0.717, 1.165) is 6.42 Å². The minimum absolute atomic E-state index is 0.303. The Hall–Kier alpha value is -2.04. The van der Waals surface area contributed by atoms with E-state index in [-0.39, 0.29) is 11.9 Å². The van der Waals surface area contributed by atoms with Crippen molar-refractivity contribution >= 4 is 17.6 Å². The van der Waals surface area contributed by atoms with Gasteiger partial charge in [0.25, 0.3) is 5.91 Å². The van der Waals surface area contributed by atoms with E-state index in [1.807, 2.05) is 19.1 Å². The Morgan fingerprint density at radius 3 is 2.67 bits per heavy atom. The number of amides is 1. The molecular formula is C19H27NO4. The van der Waals surface area contributed by atoms with Gasteiger partial charge in [-0.15, -0.1) is 0 Å². The first-order chi connectivity index (χ1) is 11.6. The number of hydrogen-bond donors (Lipinski definition) is 1. The smallest absolute Gasteiger partial charge is 0.306 e. The van der Waals surface area contributed by atoms with Gasteiger partial charge in [-0.3, -0.25) is 9.59 Å². The Morgan fingerprint density at radius 2 is 1.96 bits per heavy atom. The molecule has 0 spiro atoms. The van der Waals surface area contributed by atoms with Crippen LogP contribution in [-0.2, 0) is 14.3 Å². The summed E-state index contributed by atoms with van der Waals surface area (Å²) in [6, 6.07) is 7.21. The van der Waals surface area contributed by atoms with Gasteiger partial charge in [0, 0.05) is 6.42 Å². The molecule has 0 aliphatic heterocycles. The molecule has 1 aromatic rings. The van der Waals surface area contributed by atoms with Crippen molar-refractivity contribution in [1.29, 1.82) is 0 Å². The molecule has 0 aromatic heterocycles. The molecule has 1 N–H and O–H groups in total. The lowest BCUT2D eigenvalue weighted by Gasteiger charge is -2.16. The van der Waals surface area contributed by atoms with Crippen LogP contribution in [0, 0.1) is 5.92 Å². The Balaban J connectivity index is 1.80. The highest BCUT2D eigenvalue weighted by atomic mass is 16.5. The molecular weight excluding hydrogens is 306 g/mol. The van der Waals surface area contributed by atoms with Crippen molar-refractivity contribution in [3.05, 3.63) is 24.3 Å². The number of carbonyl (C=O) groups is 2. The maximum Gasteiger partial charge on any atom is 0.306 e. The number of nitrogens with one attached hydrogen (secondary N) is 1. The quantitative estimate of drug-likeness (QED) is 0.732. The van der Waals surface area contributed by atoms with Crippen molar-refractivity contribution in [1.82, 2.24) is 0 Å². The van der Waals surface area contributed by atoms with Crippen LogP contribution in [0.3, 0.4) is 0 Å². The number of benzene rings is 1. The van der Waals surface area contributed by atoms with E-state index in [2.05, 4.69) is 5.32 Å². The normalized spacial score (nSPS) is 15.8. The summed E-state index contributed by atoms with van der Waals surface area (Å²) in [4.78, 5) is 24.1. The Kier molecular flexibility index (Phi) is 7.09. The van der Waals surface area contributed by atoms with Crippen molar-refractivity contribution in [3.63, 3.8) is 0 Å². The Morgan fingerprint density at radius 1 is 1.25 bits per heavy atom. The fraction of sp³-hybridized carbons (Fsp3) is 0.579. The van der Waals surface area contributed by atoms with Crippen LogP contribution in [0.15, 0.2) is 24.3 Å². The maximum absolute atomic E-state index is 12.2. The molecule has 0 radical (unpaired) electrons. The van der Waals surface area contributed by atoms with E-state index >= 15 is 0 Å².